The molecule has 0 heterocycles. The van der Waals surface area contributed by atoms with Gasteiger partial charge in [-0.05, 0) is 37.0 Å². The first-order chi connectivity index (χ1) is 9.23. The Morgan fingerprint density at radius 3 is 2.35 bits per heavy atom. The van der Waals surface area contributed by atoms with Crippen LogP contribution >= 0.6 is 0 Å². The minimum absolute atomic E-state index is 0.113. The predicted molar refractivity (Wildman–Crippen MR) is 78.5 cm³/mol. The minimum Gasteiger partial charge on any atom is -0.504 e. The molecule has 1 amide bonds. The predicted octanol–water partition coefficient (Wildman–Crippen LogP) is 1.47. The van der Waals surface area contributed by atoms with Crippen LogP contribution in [0.3, 0.4) is 0 Å². The van der Waals surface area contributed by atoms with Crippen molar-refractivity contribution in [2.75, 3.05) is 7.05 Å². The maximum Gasteiger partial charge on any atom is 0.239 e. The Hall–Kier alpha value is -1.75. The summed E-state index contributed by atoms with van der Waals surface area (Å²) in [4.78, 5) is 13.9. The van der Waals surface area contributed by atoms with E-state index in [4.69, 9.17) is 5.73 Å². The summed E-state index contributed by atoms with van der Waals surface area (Å²) in [5.74, 6) is -0.155. The lowest BCUT2D eigenvalue weighted by Crippen LogP contribution is -2.48. The molecule has 4 N–H and O–H groups in total. The normalized spacial score (nSPS) is 14.1. The molecule has 0 aliphatic carbocycles. The summed E-state index contributed by atoms with van der Waals surface area (Å²) in [6, 6.07) is 3.91. The van der Waals surface area contributed by atoms with Crippen molar-refractivity contribution in [1.29, 1.82) is 0 Å². The number of nitrogens with two attached hydrogens (primary N) is 1. The first-order valence-electron chi connectivity index (χ1n) is 6.77. The molecule has 0 saturated carbocycles. The van der Waals surface area contributed by atoms with E-state index in [0.29, 0.717) is 17.9 Å². The van der Waals surface area contributed by atoms with Crippen molar-refractivity contribution < 1.29 is 15.0 Å². The number of phenolic OH excluding ortho intramolecular Hbond substituents is 2. The van der Waals surface area contributed by atoms with Gasteiger partial charge in [0.15, 0.2) is 11.5 Å². The molecule has 20 heavy (non-hydrogen) atoms. The molecular weight excluding hydrogens is 256 g/mol. The highest BCUT2D eigenvalue weighted by Crippen LogP contribution is 2.25. The van der Waals surface area contributed by atoms with Gasteiger partial charge in [-0.3, -0.25) is 4.79 Å². The molecule has 0 spiro atoms. The van der Waals surface area contributed by atoms with Crippen LogP contribution in [0.2, 0.25) is 0 Å². The Labute approximate surface area is 120 Å². The van der Waals surface area contributed by atoms with Crippen LogP contribution in [0.25, 0.3) is 0 Å². The van der Waals surface area contributed by atoms with E-state index in [1.54, 1.807) is 18.0 Å². The molecule has 0 aromatic heterocycles. The molecule has 0 aliphatic rings. The zero-order chi connectivity index (χ0) is 15.4. The van der Waals surface area contributed by atoms with Crippen molar-refractivity contribution in [3.8, 4) is 11.5 Å². The summed E-state index contributed by atoms with van der Waals surface area (Å²) in [5.41, 5.74) is 6.66. The molecular formula is C15H24N2O3. The summed E-state index contributed by atoms with van der Waals surface area (Å²) in [6.45, 7) is 6.09. The van der Waals surface area contributed by atoms with Crippen LogP contribution in [0, 0.1) is 5.92 Å². The molecule has 0 bridgehead atoms. The quantitative estimate of drug-likeness (QED) is 0.713. The van der Waals surface area contributed by atoms with Gasteiger partial charge in [0, 0.05) is 13.1 Å². The third-order valence-corrected chi connectivity index (χ3v) is 3.74. The first-order valence-corrected chi connectivity index (χ1v) is 6.77. The second-order valence-corrected chi connectivity index (χ2v) is 5.57. The first kappa shape index (κ1) is 16.3. The monoisotopic (exact) mass is 280 g/mol. The van der Waals surface area contributed by atoms with Gasteiger partial charge in [-0.15, -0.1) is 0 Å². The van der Waals surface area contributed by atoms with E-state index in [1.807, 2.05) is 6.92 Å². The summed E-state index contributed by atoms with van der Waals surface area (Å²) < 4.78 is 0. The average Bonchev–Trinajstić information content (AvgIpc) is 2.40. The van der Waals surface area contributed by atoms with Crippen LogP contribution in [0.5, 0.6) is 11.5 Å². The van der Waals surface area contributed by atoms with E-state index < -0.39 is 6.04 Å². The zero-order valence-corrected chi connectivity index (χ0v) is 12.5. The number of carbonyl (C=O) groups excluding carboxylic acids is 1. The minimum atomic E-state index is -0.662. The van der Waals surface area contributed by atoms with Gasteiger partial charge in [-0.25, -0.2) is 0 Å². The number of rotatable bonds is 5. The molecule has 5 nitrogen and oxygen atoms in total. The lowest BCUT2D eigenvalue weighted by Gasteiger charge is -2.30. The van der Waals surface area contributed by atoms with Crippen molar-refractivity contribution in [3.63, 3.8) is 0 Å². The van der Waals surface area contributed by atoms with Gasteiger partial charge in [-0.1, -0.05) is 19.9 Å². The maximum absolute atomic E-state index is 12.2. The van der Waals surface area contributed by atoms with Crippen molar-refractivity contribution in [2.24, 2.45) is 11.7 Å². The highest BCUT2D eigenvalue weighted by atomic mass is 16.3. The summed E-state index contributed by atoms with van der Waals surface area (Å²) in [6.07, 6.45) is 0.321. The van der Waals surface area contributed by atoms with Crippen LogP contribution in [0.15, 0.2) is 18.2 Å². The molecule has 5 heteroatoms. The van der Waals surface area contributed by atoms with Crippen molar-refractivity contribution in [2.45, 2.75) is 39.3 Å². The number of carbonyl (C=O) groups is 1. The molecule has 0 aliphatic heterocycles. The third kappa shape index (κ3) is 3.87. The van der Waals surface area contributed by atoms with Crippen molar-refractivity contribution in [1.82, 2.24) is 4.90 Å². The Morgan fingerprint density at radius 1 is 1.25 bits per heavy atom. The highest BCUT2D eigenvalue weighted by molar-refractivity contribution is 5.82. The lowest BCUT2D eigenvalue weighted by molar-refractivity contribution is -0.133. The largest absolute Gasteiger partial charge is 0.504 e. The molecule has 1 unspecified atom stereocenters. The SMILES string of the molecule is CC(C)C(C)N(C)C(=O)[C@@H](N)Cc1ccc(O)c(O)c1. The number of phenols is 2. The van der Waals surface area contributed by atoms with Gasteiger partial charge >= 0.3 is 0 Å². The van der Waals surface area contributed by atoms with Crippen LogP contribution < -0.4 is 5.73 Å². The van der Waals surface area contributed by atoms with E-state index in [1.165, 1.54) is 12.1 Å². The molecule has 1 aromatic rings. The molecule has 112 valence electrons. The van der Waals surface area contributed by atoms with Crippen molar-refractivity contribution in [3.05, 3.63) is 23.8 Å². The van der Waals surface area contributed by atoms with Crippen LogP contribution in [0.1, 0.15) is 26.3 Å². The van der Waals surface area contributed by atoms with Crippen molar-refractivity contribution >= 4 is 5.91 Å². The topological polar surface area (TPSA) is 86.8 Å². The number of benzene rings is 1. The molecule has 2 atom stereocenters. The smallest absolute Gasteiger partial charge is 0.239 e. The van der Waals surface area contributed by atoms with E-state index >= 15 is 0 Å². The Bertz CT molecular complexity index is 474. The number of amides is 1. The van der Waals surface area contributed by atoms with Gasteiger partial charge in [0.05, 0.1) is 6.04 Å². The number of hydrogen-bond acceptors (Lipinski definition) is 4. The van der Waals surface area contributed by atoms with Crippen LogP contribution in [-0.2, 0) is 11.2 Å². The number of hydrogen-bond donors (Lipinski definition) is 3. The maximum atomic E-state index is 12.2. The third-order valence-electron chi connectivity index (χ3n) is 3.74. The van der Waals surface area contributed by atoms with Gasteiger partial charge in [0.2, 0.25) is 5.91 Å². The molecule has 1 rings (SSSR count). The second-order valence-electron chi connectivity index (χ2n) is 5.57. The Balaban J connectivity index is 2.72. The summed E-state index contributed by atoms with van der Waals surface area (Å²) in [7, 11) is 1.75. The standard InChI is InChI=1S/C15H24N2O3/c1-9(2)10(3)17(4)15(20)12(16)7-11-5-6-13(18)14(19)8-11/h5-6,8-10,12,18-19H,7,16H2,1-4H3/t10?,12-/m0/s1. The van der Waals surface area contributed by atoms with Crippen LogP contribution in [-0.4, -0.2) is 40.2 Å². The fourth-order valence-electron chi connectivity index (χ4n) is 1.95. The van der Waals surface area contributed by atoms with E-state index in [0.717, 1.165) is 0 Å². The summed E-state index contributed by atoms with van der Waals surface area (Å²) >= 11 is 0. The molecule has 0 radical (unpaired) electrons. The lowest BCUT2D eigenvalue weighted by atomic mass is 10.0. The Kier molecular flexibility index (Phi) is 5.39. The molecule has 1 aromatic carbocycles. The fourth-order valence-corrected chi connectivity index (χ4v) is 1.95. The number of likely N-dealkylation sites (N-methyl/N-ethyl adjacent to an activating group) is 1. The van der Waals surface area contributed by atoms with Crippen LogP contribution in [0.4, 0.5) is 0 Å². The average molecular weight is 280 g/mol. The zero-order valence-electron chi connectivity index (χ0n) is 12.5. The van der Waals surface area contributed by atoms with E-state index in [2.05, 4.69) is 13.8 Å². The number of nitrogens with zero attached hydrogens (tertiary/aromatic N) is 1. The molecule has 0 fully saturated rings. The van der Waals surface area contributed by atoms with Gasteiger partial charge in [-0.2, -0.15) is 0 Å². The highest BCUT2D eigenvalue weighted by Gasteiger charge is 2.24. The second kappa shape index (κ2) is 6.61. The fraction of sp³-hybridized carbons (Fsp3) is 0.533. The van der Waals surface area contributed by atoms with Gasteiger partial charge in [0.1, 0.15) is 0 Å². The van der Waals surface area contributed by atoms with E-state index in [-0.39, 0.29) is 23.4 Å². The van der Waals surface area contributed by atoms with Gasteiger partial charge in [0.25, 0.3) is 0 Å². The van der Waals surface area contributed by atoms with Gasteiger partial charge < -0.3 is 20.8 Å². The van der Waals surface area contributed by atoms with E-state index in [9.17, 15) is 15.0 Å². The summed E-state index contributed by atoms with van der Waals surface area (Å²) in [5, 5.41) is 18.7. The Morgan fingerprint density at radius 2 is 1.85 bits per heavy atom. The molecule has 0 saturated heterocycles. The number of aromatic hydroxyl groups is 2.